The molecule has 21 heavy (non-hydrogen) atoms. The normalized spacial score (nSPS) is 10.7. The van der Waals surface area contributed by atoms with E-state index < -0.39 is 0 Å². The van der Waals surface area contributed by atoms with E-state index in [1.54, 1.807) is 0 Å². The van der Waals surface area contributed by atoms with Crippen molar-refractivity contribution in [1.29, 1.82) is 0 Å². The molecule has 0 saturated carbocycles. The molecule has 2 aromatic heterocycles. The molecule has 0 aliphatic carbocycles. The Morgan fingerprint density at radius 3 is 2.86 bits per heavy atom. The lowest BCUT2D eigenvalue weighted by atomic mass is 10.3. The van der Waals surface area contributed by atoms with E-state index in [0.29, 0.717) is 11.0 Å². The minimum atomic E-state index is -0.0975. The third kappa shape index (κ3) is 3.32. The van der Waals surface area contributed by atoms with Gasteiger partial charge in [-0.05, 0) is 23.6 Å². The molecule has 0 spiro atoms. The molecule has 1 amide bonds. The van der Waals surface area contributed by atoms with Gasteiger partial charge in [0, 0.05) is 5.69 Å². The van der Waals surface area contributed by atoms with Crippen LogP contribution in [0.4, 0.5) is 11.5 Å². The molecule has 5 nitrogen and oxygen atoms in total. The van der Waals surface area contributed by atoms with Crippen LogP contribution in [0, 0.1) is 0 Å². The minimum absolute atomic E-state index is 0.0975. The molecule has 0 fully saturated rings. The summed E-state index contributed by atoms with van der Waals surface area (Å²) in [4.78, 5) is 21.3. The lowest BCUT2D eigenvalue weighted by Gasteiger charge is -2.04. The number of nitrogens with one attached hydrogen (secondary N) is 1. The molecule has 3 N–H and O–H groups in total. The molecule has 0 saturated heterocycles. The van der Waals surface area contributed by atoms with E-state index in [0.717, 1.165) is 15.9 Å². The van der Waals surface area contributed by atoms with Crippen LogP contribution in [0.3, 0.4) is 0 Å². The molecule has 2 heterocycles. The van der Waals surface area contributed by atoms with Crippen LogP contribution in [-0.2, 0) is 4.79 Å². The molecule has 106 valence electrons. The lowest BCUT2D eigenvalue weighted by Crippen LogP contribution is -2.14. The van der Waals surface area contributed by atoms with Gasteiger partial charge in [0.1, 0.15) is 10.6 Å². The summed E-state index contributed by atoms with van der Waals surface area (Å²) in [7, 11) is 0. The minimum Gasteiger partial charge on any atom is -0.383 e. The number of thiophene rings is 1. The van der Waals surface area contributed by atoms with Gasteiger partial charge in [0.05, 0.1) is 11.1 Å². The van der Waals surface area contributed by atoms with Crippen LogP contribution >= 0.6 is 23.1 Å². The summed E-state index contributed by atoms with van der Waals surface area (Å²) in [6.45, 7) is 0. The van der Waals surface area contributed by atoms with Crippen LogP contribution in [0.15, 0.2) is 46.9 Å². The Hall–Kier alpha value is -2.12. The number of anilines is 2. The maximum atomic E-state index is 11.9. The van der Waals surface area contributed by atoms with Crippen molar-refractivity contribution >= 4 is 50.7 Å². The predicted molar refractivity (Wildman–Crippen MR) is 87.6 cm³/mol. The van der Waals surface area contributed by atoms with Crippen LogP contribution in [0.25, 0.3) is 10.2 Å². The van der Waals surface area contributed by atoms with Crippen molar-refractivity contribution in [2.45, 2.75) is 5.16 Å². The lowest BCUT2D eigenvalue weighted by molar-refractivity contribution is -0.113. The fourth-order valence-corrected chi connectivity index (χ4v) is 3.25. The number of rotatable bonds is 4. The molecule has 3 aromatic rings. The summed E-state index contributed by atoms with van der Waals surface area (Å²) in [6.07, 6.45) is 0. The summed E-state index contributed by atoms with van der Waals surface area (Å²) >= 11 is 2.78. The SMILES string of the molecule is Nc1nc(SCC(=O)Nc2ccccc2)nc2sccc12. The van der Waals surface area contributed by atoms with Gasteiger partial charge in [0.25, 0.3) is 0 Å². The average Bonchev–Trinajstić information content (AvgIpc) is 2.95. The van der Waals surface area contributed by atoms with Gasteiger partial charge in [0.2, 0.25) is 5.91 Å². The van der Waals surface area contributed by atoms with E-state index in [4.69, 9.17) is 5.73 Å². The van der Waals surface area contributed by atoms with Crippen molar-refractivity contribution in [1.82, 2.24) is 9.97 Å². The van der Waals surface area contributed by atoms with Gasteiger partial charge in [-0.2, -0.15) is 0 Å². The van der Waals surface area contributed by atoms with Crippen molar-refractivity contribution in [2.24, 2.45) is 0 Å². The Morgan fingerprint density at radius 2 is 2.05 bits per heavy atom. The molecular formula is C14H12N4OS2. The number of thioether (sulfide) groups is 1. The third-order valence-corrected chi connectivity index (χ3v) is 4.38. The molecule has 0 bridgehead atoms. The number of hydrogen-bond acceptors (Lipinski definition) is 6. The highest BCUT2D eigenvalue weighted by Gasteiger charge is 2.09. The van der Waals surface area contributed by atoms with Crippen molar-refractivity contribution in [3.05, 3.63) is 41.8 Å². The summed E-state index contributed by atoms with van der Waals surface area (Å²) in [6, 6.07) is 11.2. The smallest absolute Gasteiger partial charge is 0.234 e. The highest BCUT2D eigenvalue weighted by molar-refractivity contribution is 7.99. The predicted octanol–water partition coefficient (Wildman–Crippen LogP) is 3.00. The number of aromatic nitrogens is 2. The Kier molecular flexibility index (Phi) is 4.03. The quantitative estimate of drug-likeness (QED) is 0.571. The first-order chi connectivity index (χ1) is 10.2. The van der Waals surface area contributed by atoms with Gasteiger partial charge in [-0.3, -0.25) is 4.79 Å². The number of amides is 1. The van der Waals surface area contributed by atoms with E-state index >= 15 is 0 Å². The highest BCUT2D eigenvalue weighted by atomic mass is 32.2. The van der Waals surface area contributed by atoms with Gasteiger partial charge in [-0.15, -0.1) is 11.3 Å². The van der Waals surface area contributed by atoms with Crippen LogP contribution in [0.1, 0.15) is 0 Å². The molecule has 3 rings (SSSR count). The monoisotopic (exact) mass is 316 g/mol. The Morgan fingerprint density at radius 1 is 1.24 bits per heavy atom. The highest BCUT2D eigenvalue weighted by Crippen LogP contribution is 2.26. The average molecular weight is 316 g/mol. The number of nitrogen functional groups attached to an aromatic ring is 1. The first-order valence-electron chi connectivity index (χ1n) is 6.21. The molecule has 0 atom stereocenters. The van der Waals surface area contributed by atoms with E-state index in [1.807, 2.05) is 41.8 Å². The molecule has 0 radical (unpaired) electrons. The second-order valence-corrected chi connectivity index (χ2v) is 6.07. The summed E-state index contributed by atoms with van der Waals surface area (Å²) in [5.74, 6) is 0.595. The van der Waals surface area contributed by atoms with Crippen molar-refractivity contribution in [3.8, 4) is 0 Å². The zero-order valence-corrected chi connectivity index (χ0v) is 12.6. The molecule has 0 aliphatic heterocycles. The molecule has 1 aromatic carbocycles. The van der Waals surface area contributed by atoms with E-state index in [2.05, 4.69) is 15.3 Å². The number of para-hydroxylation sites is 1. The van der Waals surface area contributed by atoms with Crippen LogP contribution in [0.2, 0.25) is 0 Å². The van der Waals surface area contributed by atoms with Gasteiger partial charge >= 0.3 is 0 Å². The zero-order chi connectivity index (χ0) is 14.7. The first-order valence-corrected chi connectivity index (χ1v) is 8.07. The number of hydrogen-bond donors (Lipinski definition) is 2. The summed E-state index contributed by atoms with van der Waals surface area (Å²) in [5, 5.41) is 6.12. The summed E-state index contributed by atoms with van der Waals surface area (Å²) in [5.41, 5.74) is 6.65. The van der Waals surface area contributed by atoms with Gasteiger partial charge < -0.3 is 11.1 Å². The Labute approximate surface area is 129 Å². The second kappa shape index (κ2) is 6.11. The van der Waals surface area contributed by atoms with Gasteiger partial charge in [-0.1, -0.05) is 30.0 Å². The molecule has 7 heteroatoms. The van der Waals surface area contributed by atoms with Crippen LogP contribution in [-0.4, -0.2) is 21.6 Å². The Balaban J connectivity index is 1.64. The van der Waals surface area contributed by atoms with Crippen molar-refractivity contribution < 1.29 is 4.79 Å². The fraction of sp³-hybridized carbons (Fsp3) is 0.0714. The molecule has 0 aliphatic rings. The van der Waals surface area contributed by atoms with E-state index in [1.165, 1.54) is 23.1 Å². The number of carbonyl (C=O) groups excluding carboxylic acids is 1. The topological polar surface area (TPSA) is 80.9 Å². The second-order valence-electron chi connectivity index (χ2n) is 4.23. The standard InChI is InChI=1S/C14H12N4OS2/c15-12-10-6-7-20-13(10)18-14(17-12)21-8-11(19)16-9-4-2-1-3-5-9/h1-7H,8H2,(H,16,19)(H2,15,17,18). The van der Waals surface area contributed by atoms with Crippen molar-refractivity contribution in [2.75, 3.05) is 16.8 Å². The summed E-state index contributed by atoms with van der Waals surface area (Å²) < 4.78 is 0. The Bertz CT molecular complexity index is 773. The number of nitrogens with zero attached hydrogens (tertiary/aromatic N) is 2. The van der Waals surface area contributed by atoms with E-state index in [9.17, 15) is 4.79 Å². The number of benzene rings is 1. The largest absolute Gasteiger partial charge is 0.383 e. The number of nitrogens with two attached hydrogens (primary N) is 1. The first kappa shape index (κ1) is 13.8. The number of fused-ring (bicyclic) bond motifs is 1. The van der Waals surface area contributed by atoms with E-state index in [-0.39, 0.29) is 11.7 Å². The molecule has 0 unspecified atom stereocenters. The maximum absolute atomic E-state index is 11.9. The van der Waals surface area contributed by atoms with Crippen LogP contribution < -0.4 is 11.1 Å². The van der Waals surface area contributed by atoms with Crippen molar-refractivity contribution in [3.63, 3.8) is 0 Å². The number of carbonyl (C=O) groups is 1. The maximum Gasteiger partial charge on any atom is 0.234 e. The van der Waals surface area contributed by atoms with Gasteiger partial charge in [0.15, 0.2) is 5.16 Å². The molecular weight excluding hydrogens is 304 g/mol. The zero-order valence-electron chi connectivity index (χ0n) is 10.9. The third-order valence-electron chi connectivity index (χ3n) is 2.72. The fourth-order valence-electron chi connectivity index (χ4n) is 1.77. The van der Waals surface area contributed by atoms with Gasteiger partial charge in [-0.25, -0.2) is 9.97 Å². The van der Waals surface area contributed by atoms with Crippen LogP contribution in [0.5, 0.6) is 0 Å².